The molecule has 0 bridgehead atoms. The van der Waals surface area contributed by atoms with Crippen LogP contribution in [-0.2, 0) is 6.54 Å². The molecule has 0 saturated carbocycles. The third-order valence-electron chi connectivity index (χ3n) is 2.21. The second-order valence-electron chi connectivity index (χ2n) is 3.58. The van der Waals surface area contributed by atoms with Crippen molar-refractivity contribution in [1.82, 2.24) is 5.32 Å². The van der Waals surface area contributed by atoms with E-state index in [0.717, 1.165) is 31.7 Å². The standard InChI is InChI=1S/C14H19NO/c1-3-5-6-10-16-14-9-7-8-13(11-14)12-15-4-2/h1,7-9,11,15H,4-6,10,12H2,2H3. The third-order valence-corrected chi connectivity index (χ3v) is 2.21. The van der Waals surface area contributed by atoms with Gasteiger partial charge in [-0.1, -0.05) is 19.1 Å². The minimum absolute atomic E-state index is 0.689. The quantitative estimate of drug-likeness (QED) is 0.560. The van der Waals surface area contributed by atoms with Crippen molar-refractivity contribution in [2.24, 2.45) is 0 Å². The van der Waals surface area contributed by atoms with Crippen LogP contribution in [0.3, 0.4) is 0 Å². The largest absolute Gasteiger partial charge is 0.494 e. The van der Waals surface area contributed by atoms with E-state index in [9.17, 15) is 0 Å². The van der Waals surface area contributed by atoms with E-state index >= 15 is 0 Å². The third kappa shape index (κ3) is 4.86. The molecule has 1 aromatic rings. The molecule has 0 spiro atoms. The first-order valence-corrected chi connectivity index (χ1v) is 5.72. The smallest absolute Gasteiger partial charge is 0.119 e. The molecule has 1 N–H and O–H groups in total. The van der Waals surface area contributed by atoms with Gasteiger partial charge in [0.1, 0.15) is 5.75 Å². The molecule has 0 aliphatic heterocycles. The maximum atomic E-state index is 5.61. The number of ether oxygens (including phenoxy) is 1. The van der Waals surface area contributed by atoms with Crippen molar-refractivity contribution in [2.45, 2.75) is 26.3 Å². The molecule has 0 unspecified atom stereocenters. The molecule has 16 heavy (non-hydrogen) atoms. The highest BCUT2D eigenvalue weighted by molar-refractivity contribution is 5.28. The lowest BCUT2D eigenvalue weighted by molar-refractivity contribution is 0.312. The van der Waals surface area contributed by atoms with E-state index in [-0.39, 0.29) is 0 Å². The average molecular weight is 217 g/mol. The van der Waals surface area contributed by atoms with Gasteiger partial charge in [-0.05, 0) is 30.7 Å². The van der Waals surface area contributed by atoms with Crippen molar-refractivity contribution in [3.05, 3.63) is 29.8 Å². The van der Waals surface area contributed by atoms with Crippen LogP contribution in [-0.4, -0.2) is 13.2 Å². The van der Waals surface area contributed by atoms with Gasteiger partial charge in [0.05, 0.1) is 6.61 Å². The van der Waals surface area contributed by atoms with E-state index in [0.29, 0.717) is 6.61 Å². The number of rotatable bonds is 7. The first-order valence-electron chi connectivity index (χ1n) is 5.72. The molecule has 2 nitrogen and oxygen atoms in total. The SMILES string of the molecule is C#CCCCOc1cccc(CNCC)c1. The summed E-state index contributed by atoms with van der Waals surface area (Å²) >= 11 is 0. The Hall–Kier alpha value is -1.46. The Morgan fingerprint density at radius 1 is 1.44 bits per heavy atom. The summed E-state index contributed by atoms with van der Waals surface area (Å²) in [6.07, 6.45) is 6.86. The summed E-state index contributed by atoms with van der Waals surface area (Å²) in [5.74, 6) is 3.53. The second-order valence-corrected chi connectivity index (χ2v) is 3.58. The van der Waals surface area contributed by atoms with E-state index in [1.807, 2.05) is 12.1 Å². The lowest BCUT2D eigenvalue weighted by Gasteiger charge is -2.07. The highest BCUT2D eigenvalue weighted by atomic mass is 16.5. The minimum atomic E-state index is 0.689. The summed E-state index contributed by atoms with van der Waals surface area (Å²) in [5, 5.41) is 3.29. The van der Waals surface area contributed by atoms with Gasteiger partial charge in [-0.25, -0.2) is 0 Å². The second kappa shape index (κ2) is 7.78. The molecule has 0 radical (unpaired) electrons. The molecule has 1 aromatic carbocycles. The predicted molar refractivity (Wildman–Crippen MR) is 67.4 cm³/mol. The van der Waals surface area contributed by atoms with Crippen molar-refractivity contribution >= 4 is 0 Å². The van der Waals surface area contributed by atoms with Crippen LogP contribution in [0, 0.1) is 12.3 Å². The highest BCUT2D eigenvalue weighted by Crippen LogP contribution is 2.13. The Balaban J connectivity index is 2.38. The Morgan fingerprint density at radius 2 is 2.31 bits per heavy atom. The van der Waals surface area contributed by atoms with Crippen molar-refractivity contribution < 1.29 is 4.74 Å². The van der Waals surface area contributed by atoms with Crippen molar-refractivity contribution in [1.29, 1.82) is 0 Å². The van der Waals surface area contributed by atoms with Gasteiger partial charge in [-0.2, -0.15) is 0 Å². The van der Waals surface area contributed by atoms with Gasteiger partial charge >= 0.3 is 0 Å². The van der Waals surface area contributed by atoms with Gasteiger partial charge in [0, 0.05) is 13.0 Å². The number of hydrogen-bond acceptors (Lipinski definition) is 2. The molecule has 0 fully saturated rings. The number of terminal acetylenes is 1. The molecule has 2 heteroatoms. The van der Waals surface area contributed by atoms with Crippen molar-refractivity contribution in [3.8, 4) is 18.1 Å². The minimum Gasteiger partial charge on any atom is -0.494 e. The highest BCUT2D eigenvalue weighted by Gasteiger charge is 1.96. The van der Waals surface area contributed by atoms with Crippen LogP contribution in [0.15, 0.2) is 24.3 Å². The maximum absolute atomic E-state index is 5.61. The Labute approximate surface area is 98.0 Å². The lowest BCUT2D eigenvalue weighted by Crippen LogP contribution is -2.11. The summed E-state index contributed by atoms with van der Waals surface area (Å²) in [6.45, 7) is 4.65. The van der Waals surface area contributed by atoms with Crippen LogP contribution >= 0.6 is 0 Å². The number of benzene rings is 1. The van der Waals surface area contributed by atoms with Crippen molar-refractivity contribution in [2.75, 3.05) is 13.2 Å². The number of unbranched alkanes of at least 4 members (excludes halogenated alkanes) is 1. The van der Waals surface area contributed by atoms with Gasteiger partial charge in [0.25, 0.3) is 0 Å². The zero-order chi connectivity index (χ0) is 11.6. The molecule has 86 valence electrons. The van der Waals surface area contributed by atoms with Crippen molar-refractivity contribution in [3.63, 3.8) is 0 Å². The summed E-state index contributed by atoms with van der Waals surface area (Å²) in [4.78, 5) is 0. The first-order chi connectivity index (χ1) is 7.86. The Bertz CT molecular complexity index is 341. The van der Waals surface area contributed by atoms with E-state index in [1.165, 1.54) is 5.56 Å². The van der Waals surface area contributed by atoms with Crippen LogP contribution in [0.4, 0.5) is 0 Å². The van der Waals surface area contributed by atoms with Gasteiger partial charge in [-0.15, -0.1) is 12.3 Å². The molecule has 0 saturated heterocycles. The molecule has 0 atom stereocenters. The van der Waals surface area contributed by atoms with E-state index in [1.54, 1.807) is 0 Å². The predicted octanol–water partition coefficient (Wildman–Crippen LogP) is 2.59. The van der Waals surface area contributed by atoms with Gasteiger partial charge in [0.2, 0.25) is 0 Å². The van der Waals surface area contributed by atoms with Crippen LogP contribution in [0.5, 0.6) is 5.75 Å². The lowest BCUT2D eigenvalue weighted by atomic mass is 10.2. The normalized spacial score (nSPS) is 9.75. The van der Waals surface area contributed by atoms with Crippen LogP contribution in [0.25, 0.3) is 0 Å². The maximum Gasteiger partial charge on any atom is 0.119 e. The number of nitrogens with one attached hydrogen (secondary N) is 1. The summed E-state index contributed by atoms with van der Waals surface area (Å²) < 4.78 is 5.61. The molecule has 0 heterocycles. The molecule has 0 aliphatic rings. The zero-order valence-electron chi connectivity index (χ0n) is 9.83. The van der Waals surface area contributed by atoms with Crippen LogP contribution in [0.1, 0.15) is 25.3 Å². The molecule has 0 amide bonds. The molecular formula is C14H19NO. The van der Waals surface area contributed by atoms with E-state index in [4.69, 9.17) is 11.2 Å². The summed E-state index contributed by atoms with van der Waals surface area (Å²) in [6, 6.07) is 8.16. The zero-order valence-corrected chi connectivity index (χ0v) is 9.83. The summed E-state index contributed by atoms with van der Waals surface area (Å²) in [5.41, 5.74) is 1.25. The molecule has 0 aromatic heterocycles. The Morgan fingerprint density at radius 3 is 3.06 bits per heavy atom. The Kier molecular flexibility index (Phi) is 6.13. The van der Waals surface area contributed by atoms with E-state index < -0.39 is 0 Å². The fourth-order valence-corrected chi connectivity index (χ4v) is 1.38. The molecule has 0 aliphatic carbocycles. The van der Waals surface area contributed by atoms with E-state index in [2.05, 4.69) is 30.3 Å². The monoisotopic (exact) mass is 217 g/mol. The van der Waals surface area contributed by atoms with Gasteiger partial charge < -0.3 is 10.1 Å². The van der Waals surface area contributed by atoms with Gasteiger partial charge in [-0.3, -0.25) is 0 Å². The fourth-order valence-electron chi connectivity index (χ4n) is 1.38. The van der Waals surface area contributed by atoms with Crippen LogP contribution < -0.4 is 10.1 Å². The number of hydrogen-bond donors (Lipinski definition) is 1. The topological polar surface area (TPSA) is 21.3 Å². The molecular weight excluding hydrogens is 198 g/mol. The first kappa shape index (κ1) is 12.6. The summed E-state index contributed by atoms with van der Waals surface area (Å²) in [7, 11) is 0. The van der Waals surface area contributed by atoms with Gasteiger partial charge in [0.15, 0.2) is 0 Å². The van der Waals surface area contributed by atoms with Crippen LogP contribution in [0.2, 0.25) is 0 Å². The fraction of sp³-hybridized carbons (Fsp3) is 0.429. The average Bonchev–Trinajstić information content (AvgIpc) is 2.33. The molecule has 1 rings (SSSR count).